The first-order valence-electron chi connectivity index (χ1n) is 9.13. The fourth-order valence-corrected chi connectivity index (χ4v) is 3.78. The third-order valence-electron chi connectivity index (χ3n) is 5.09. The summed E-state index contributed by atoms with van der Waals surface area (Å²) in [4.78, 5) is 17.0. The number of morpholine rings is 1. The summed E-state index contributed by atoms with van der Waals surface area (Å²) < 4.78 is 5.86. The van der Waals surface area contributed by atoms with Crippen LogP contribution in [-0.4, -0.2) is 60.6 Å². The smallest absolute Gasteiger partial charge is 0.225 e. The number of amides is 1. The normalized spacial score (nSPS) is 25.6. The van der Waals surface area contributed by atoms with E-state index in [0.717, 1.165) is 39.0 Å². The topological polar surface area (TPSA) is 58.8 Å². The van der Waals surface area contributed by atoms with Gasteiger partial charge in [0.25, 0.3) is 0 Å². The van der Waals surface area contributed by atoms with Crippen LogP contribution in [0.3, 0.4) is 0 Å². The number of likely N-dealkylation sites (tertiary alicyclic amines) is 1. The Kier molecular flexibility index (Phi) is 6.24. The largest absolute Gasteiger partial charge is 0.375 e. The van der Waals surface area contributed by atoms with Crippen LogP contribution < -0.4 is 5.73 Å². The van der Waals surface area contributed by atoms with Crippen molar-refractivity contribution >= 4 is 5.91 Å². The summed E-state index contributed by atoms with van der Waals surface area (Å²) in [5.41, 5.74) is 7.15. The highest BCUT2D eigenvalue weighted by atomic mass is 16.5. The highest BCUT2D eigenvalue weighted by Gasteiger charge is 2.29. The number of rotatable bonds is 5. The maximum absolute atomic E-state index is 12.7. The zero-order valence-corrected chi connectivity index (χ0v) is 14.4. The van der Waals surface area contributed by atoms with E-state index in [1.165, 1.54) is 12.0 Å². The minimum atomic E-state index is -0.00434. The Labute approximate surface area is 144 Å². The van der Waals surface area contributed by atoms with E-state index in [1.807, 2.05) is 11.0 Å². The van der Waals surface area contributed by atoms with Gasteiger partial charge in [-0.3, -0.25) is 9.69 Å². The third-order valence-corrected chi connectivity index (χ3v) is 5.09. The van der Waals surface area contributed by atoms with Crippen LogP contribution in [-0.2, 0) is 16.1 Å². The average molecular weight is 331 g/mol. The summed E-state index contributed by atoms with van der Waals surface area (Å²) in [5, 5.41) is 0. The van der Waals surface area contributed by atoms with E-state index in [1.54, 1.807) is 0 Å². The summed E-state index contributed by atoms with van der Waals surface area (Å²) >= 11 is 0. The lowest BCUT2D eigenvalue weighted by Crippen LogP contribution is -2.50. The molecular weight excluding hydrogens is 302 g/mol. The molecule has 2 atom stereocenters. The van der Waals surface area contributed by atoms with Gasteiger partial charge in [0.15, 0.2) is 0 Å². The van der Waals surface area contributed by atoms with Gasteiger partial charge in [0.1, 0.15) is 0 Å². The second kappa shape index (κ2) is 8.60. The van der Waals surface area contributed by atoms with Crippen LogP contribution in [0.15, 0.2) is 30.3 Å². The molecule has 1 amide bonds. The van der Waals surface area contributed by atoms with Crippen LogP contribution in [0.4, 0.5) is 0 Å². The number of nitrogens with two attached hydrogens (primary N) is 1. The summed E-state index contributed by atoms with van der Waals surface area (Å²) in [6, 6.07) is 10.7. The monoisotopic (exact) mass is 331 g/mol. The average Bonchev–Trinajstić information content (AvgIpc) is 2.63. The molecule has 1 aromatic rings. The molecule has 3 rings (SSSR count). The second-order valence-corrected chi connectivity index (χ2v) is 6.89. The number of piperidine rings is 1. The van der Waals surface area contributed by atoms with Gasteiger partial charge >= 0.3 is 0 Å². The zero-order valence-electron chi connectivity index (χ0n) is 14.4. The summed E-state index contributed by atoms with van der Waals surface area (Å²) in [5.74, 6) is 0.205. The van der Waals surface area contributed by atoms with Crippen molar-refractivity contribution in [1.29, 1.82) is 0 Å². The van der Waals surface area contributed by atoms with Crippen molar-refractivity contribution in [3.63, 3.8) is 0 Å². The Balaban J connectivity index is 1.52. The molecule has 1 aromatic carbocycles. The number of nitrogens with zero attached hydrogens (tertiary/aromatic N) is 2. The molecule has 5 heteroatoms. The Morgan fingerprint density at radius 1 is 1.21 bits per heavy atom. The van der Waals surface area contributed by atoms with Crippen LogP contribution in [0.1, 0.15) is 31.2 Å². The Morgan fingerprint density at radius 3 is 2.83 bits per heavy atom. The predicted octanol–water partition coefficient (Wildman–Crippen LogP) is 1.62. The van der Waals surface area contributed by atoms with E-state index in [-0.39, 0.29) is 18.1 Å². The fourth-order valence-electron chi connectivity index (χ4n) is 3.78. The molecule has 2 saturated heterocycles. The van der Waals surface area contributed by atoms with Gasteiger partial charge in [0.05, 0.1) is 19.1 Å². The molecule has 2 aliphatic heterocycles. The van der Waals surface area contributed by atoms with Gasteiger partial charge in [-0.1, -0.05) is 30.3 Å². The van der Waals surface area contributed by atoms with Crippen LogP contribution in [0.5, 0.6) is 0 Å². The van der Waals surface area contributed by atoms with E-state index in [4.69, 9.17) is 10.5 Å². The summed E-state index contributed by atoms with van der Waals surface area (Å²) in [6.45, 7) is 4.78. The van der Waals surface area contributed by atoms with Crippen LogP contribution in [0.2, 0.25) is 0 Å². The number of carbonyl (C=O) groups is 1. The number of carbonyl (C=O) groups excluding carboxylic acids is 1. The highest BCUT2D eigenvalue weighted by molar-refractivity contribution is 5.77. The molecule has 2 aliphatic rings. The Morgan fingerprint density at radius 2 is 2.04 bits per heavy atom. The zero-order chi connectivity index (χ0) is 16.8. The number of hydrogen-bond donors (Lipinski definition) is 1. The lowest BCUT2D eigenvalue weighted by atomic mass is 10.0. The quantitative estimate of drug-likeness (QED) is 0.891. The molecule has 0 aliphatic carbocycles. The van der Waals surface area contributed by atoms with Crippen LogP contribution in [0, 0.1) is 0 Å². The minimum absolute atomic E-state index is 0.00434. The van der Waals surface area contributed by atoms with Gasteiger partial charge in [-0.2, -0.15) is 0 Å². The molecule has 0 radical (unpaired) electrons. The maximum atomic E-state index is 12.7. The standard InChI is InChI=1S/C19H29N3O2/c20-13-17-8-4-5-9-22(17)19(23)12-18-15-21(10-11-24-18)14-16-6-2-1-3-7-16/h1-3,6-7,17-18H,4-5,8-15,20H2. The summed E-state index contributed by atoms with van der Waals surface area (Å²) in [6.07, 6.45) is 3.77. The first kappa shape index (κ1) is 17.4. The van der Waals surface area contributed by atoms with Crippen molar-refractivity contribution in [2.45, 2.75) is 44.4 Å². The molecule has 0 bridgehead atoms. The molecule has 2 heterocycles. The van der Waals surface area contributed by atoms with Gasteiger partial charge in [-0.05, 0) is 24.8 Å². The van der Waals surface area contributed by atoms with Crippen LogP contribution in [0.25, 0.3) is 0 Å². The second-order valence-electron chi connectivity index (χ2n) is 6.89. The van der Waals surface area contributed by atoms with Crippen molar-refractivity contribution in [1.82, 2.24) is 9.80 Å². The van der Waals surface area contributed by atoms with Crippen LogP contribution >= 0.6 is 0 Å². The van der Waals surface area contributed by atoms with Crippen molar-refractivity contribution in [2.24, 2.45) is 5.73 Å². The van der Waals surface area contributed by atoms with Crippen molar-refractivity contribution in [2.75, 3.05) is 32.8 Å². The van der Waals surface area contributed by atoms with Gasteiger partial charge in [0, 0.05) is 38.8 Å². The third kappa shape index (κ3) is 4.56. The van der Waals surface area contributed by atoms with Gasteiger partial charge in [-0.25, -0.2) is 0 Å². The molecular formula is C19H29N3O2. The molecule has 0 saturated carbocycles. The van der Waals surface area contributed by atoms with Gasteiger partial charge < -0.3 is 15.4 Å². The van der Waals surface area contributed by atoms with E-state index in [9.17, 15) is 4.79 Å². The van der Waals surface area contributed by atoms with Gasteiger partial charge in [-0.15, -0.1) is 0 Å². The molecule has 5 nitrogen and oxygen atoms in total. The highest BCUT2D eigenvalue weighted by Crippen LogP contribution is 2.19. The SMILES string of the molecule is NCC1CCCCN1C(=O)CC1CN(Cc2ccccc2)CCO1. The Bertz CT molecular complexity index is 523. The Hall–Kier alpha value is -1.43. The van der Waals surface area contributed by atoms with E-state index in [2.05, 4.69) is 29.2 Å². The fraction of sp³-hybridized carbons (Fsp3) is 0.632. The molecule has 132 valence electrons. The first-order valence-corrected chi connectivity index (χ1v) is 9.13. The predicted molar refractivity (Wildman–Crippen MR) is 94.5 cm³/mol. The van der Waals surface area contributed by atoms with E-state index >= 15 is 0 Å². The van der Waals surface area contributed by atoms with Crippen molar-refractivity contribution in [3.05, 3.63) is 35.9 Å². The number of benzene rings is 1. The lowest BCUT2D eigenvalue weighted by molar-refractivity contribution is -0.139. The molecule has 2 unspecified atom stereocenters. The lowest BCUT2D eigenvalue weighted by Gasteiger charge is -2.37. The molecule has 2 N–H and O–H groups in total. The number of ether oxygens (including phenoxy) is 1. The van der Waals surface area contributed by atoms with E-state index < -0.39 is 0 Å². The molecule has 0 spiro atoms. The van der Waals surface area contributed by atoms with Gasteiger partial charge in [0.2, 0.25) is 5.91 Å². The summed E-state index contributed by atoms with van der Waals surface area (Å²) in [7, 11) is 0. The van der Waals surface area contributed by atoms with E-state index in [0.29, 0.717) is 19.6 Å². The molecule has 24 heavy (non-hydrogen) atoms. The minimum Gasteiger partial charge on any atom is -0.375 e. The maximum Gasteiger partial charge on any atom is 0.225 e. The first-order chi connectivity index (χ1) is 11.8. The molecule has 0 aromatic heterocycles. The van der Waals surface area contributed by atoms with Crippen molar-refractivity contribution < 1.29 is 9.53 Å². The number of hydrogen-bond acceptors (Lipinski definition) is 4. The van der Waals surface area contributed by atoms with Crippen molar-refractivity contribution in [3.8, 4) is 0 Å². The molecule has 2 fully saturated rings.